The molecule has 0 radical (unpaired) electrons. The van der Waals surface area contributed by atoms with Crippen molar-refractivity contribution in [2.24, 2.45) is 5.92 Å². The van der Waals surface area contributed by atoms with E-state index < -0.39 is 40.2 Å². The zero-order valence-corrected chi connectivity index (χ0v) is 28.8. The smallest absolute Gasteiger partial charge is 0.264 e. The van der Waals surface area contributed by atoms with E-state index in [2.05, 4.69) is 5.32 Å². The van der Waals surface area contributed by atoms with Gasteiger partial charge in [-0.15, -0.1) is 0 Å². The van der Waals surface area contributed by atoms with Gasteiger partial charge in [0.2, 0.25) is 11.8 Å². The Kier molecular flexibility index (Phi) is 12.4. The Labute approximate surface area is 286 Å². The van der Waals surface area contributed by atoms with Crippen molar-refractivity contribution in [3.8, 4) is 11.5 Å². The third-order valence-electron chi connectivity index (χ3n) is 7.59. The molecule has 0 aliphatic carbocycles. The number of sulfonamides is 1. The molecule has 254 valence electrons. The highest BCUT2D eigenvalue weighted by Crippen LogP contribution is 2.32. The second kappa shape index (κ2) is 16.5. The summed E-state index contributed by atoms with van der Waals surface area (Å²) in [5.74, 6) is -1.05. The molecule has 1 N–H and O–H groups in total. The number of hydrogen-bond donors (Lipinski definition) is 1. The van der Waals surface area contributed by atoms with Crippen LogP contribution in [0.25, 0.3) is 0 Å². The molecule has 4 rings (SSSR count). The number of benzene rings is 4. The number of hydrogen-bond acceptors (Lipinski definition) is 6. The summed E-state index contributed by atoms with van der Waals surface area (Å²) in [5, 5.41) is 3.32. The number of anilines is 1. The van der Waals surface area contributed by atoms with Gasteiger partial charge in [-0.2, -0.15) is 0 Å². The summed E-state index contributed by atoms with van der Waals surface area (Å²) in [6.45, 7) is 3.49. The first-order valence-corrected chi connectivity index (χ1v) is 17.1. The number of nitrogens with zero attached hydrogens (tertiary/aromatic N) is 2. The number of carbonyl (C=O) groups excluding carboxylic acids is 2. The molecule has 0 aliphatic rings. The molecule has 1 atom stereocenters. The summed E-state index contributed by atoms with van der Waals surface area (Å²) >= 11 is 6.54. The first kappa shape index (κ1) is 36.2. The van der Waals surface area contributed by atoms with E-state index in [0.717, 1.165) is 22.0 Å². The summed E-state index contributed by atoms with van der Waals surface area (Å²) in [5.41, 5.74) is 1.41. The van der Waals surface area contributed by atoms with Crippen LogP contribution in [0.1, 0.15) is 25.0 Å². The van der Waals surface area contributed by atoms with Crippen molar-refractivity contribution in [2.75, 3.05) is 31.6 Å². The highest BCUT2D eigenvalue weighted by atomic mass is 35.5. The molecule has 0 fully saturated rings. The minimum atomic E-state index is -4.46. The molecule has 4 aromatic carbocycles. The summed E-state index contributed by atoms with van der Waals surface area (Å²) in [6, 6.07) is 24.0. The Morgan fingerprint density at radius 2 is 1.52 bits per heavy atom. The molecule has 0 saturated heterocycles. The highest BCUT2D eigenvalue weighted by molar-refractivity contribution is 7.92. The van der Waals surface area contributed by atoms with Gasteiger partial charge < -0.3 is 19.7 Å². The van der Waals surface area contributed by atoms with Crippen molar-refractivity contribution in [1.82, 2.24) is 10.2 Å². The van der Waals surface area contributed by atoms with Crippen molar-refractivity contribution in [2.45, 2.75) is 37.8 Å². The fraction of sp³-hybridized carbons (Fsp3) is 0.278. The van der Waals surface area contributed by atoms with Gasteiger partial charge in [0.1, 0.15) is 18.4 Å². The largest absolute Gasteiger partial charge is 0.493 e. The molecule has 4 aromatic rings. The average molecular weight is 696 g/mol. The molecule has 0 aromatic heterocycles. The molecule has 0 spiro atoms. The van der Waals surface area contributed by atoms with E-state index in [-0.39, 0.29) is 35.2 Å². The highest BCUT2D eigenvalue weighted by Gasteiger charge is 2.35. The summed E-state index contributed by atoms with van der Waals surface area (Å²) in [4.78, 5) is 29.6. The van der Waals surface area contributed by atoms with E-state index in [4.69, 9.17) is 21.1 Å². The molecular formula is C36H39ClFN3O6S. The molecule has 0 bridgehead atoms. The van der Waals surface area contributed by atoms with E-state index in [1.54, 1.807) is 24.3 Å². The van der Waals surface area contributed by atoms with Crippen molar-refractivity contribution in [3.63, 3.8) is 0 Å². The molecule has 0 aliphatic heterocycles. The number of nitrogens with one attached hydrogen (secondary N) is 1. The Morgan fingerprint density at radius 3 is 2.15 bits per heavy atom. The van der Waals surface area contributed by atoms with Gasteiger partial charge in [-0.3, -0.25) is 13.9 Å². The lowest BCUT2D eigenvalue weighted by Gasteiger charge is -2.34. The third-order valence-corrected chi connectivity index (χ3v) is 9.73. The van der Waals surface area contributed by atoms with Gasteiger partial charge in [0.05, 0.1) is 24.8 Å². The number of halogens is 2. The Bertz CT molecular complexity index is 1810. The van der Waals surface area contributed by atoms with Crippen LogP contribution in [0, 0.1) is 11.7 Å². The molecule has 0 heterocycles. The van der Waals surface area contributed by atoms with Crippen LogP contribution in [0.3, 0.4) is 0 Å². The fourth-order valence-electron chi connectivity index (χ4n) is 5.03. The van der Waals surface area contributed by atoms with Crippen molar-refractivity contribution in [1.29, 1.82) is 0 Å². The first-order chi connectivity index (χ1) is 22.9. The number of carbonyl (C=O) groups is 2. The zero-order chi connectivity index (χ0) is 34.8. The van der Waals surface area contributed by atoms with Crippen LogP contribution in [-0.4, -0.2) is 58.5 Å². The van der Waals surface area contributed by atoms with Gasteiger partial charge in [-0.25, -0.2) is 12.8 Å². The maximum Gasteiger partial charge on any atom is 0.264 e. The monoisotopic (exact) mass is 695 g/mol. The number of rotatable bonds is 15. The van der Waals surface area contributed by atoms with Crippen LogP contribution in [0.2, 0.25) is 5.02 Å². The Balaban J connectivity index is 1.83. The topological polar surface area (TPSA) is 105 Å². The molecule has 1 unspecified atom stereocenters. The zero-order valence-electron chi connectivity index (χ0n) is 27.2. The van der Waals surface area contributed by atoms with Gasteiger partial charge in [0.15, 0.2) is 11.5 Å². The Hall–Kier alpha value is -4.61. The van der Waals surface area contributed by atoms with Gasteiger partial charge in [-0.05, 0) is 59.5 Å². The van der Waals surface area contributed by atoms with E-state index >= 15 is 0 Å². The predicted octanol–water partition coefficient (Wildman–Crippen LogP) is 6.10. The molecular weight excluding hydrogens is 657 g/mol. The van der Waals surface area contributed by atoms with Crippen LogP contribution >= 0.6 is 11.6 Å². The van der Waals surface area contributed by atoms with Crippen LogP contribution < -0.4 is 19.1 Å². The van der Waals surface area contributed by atoms with Crippen molar-refractivity contribution < 1.29 is 31.9 Å². The second-order valence-electron chi connectivity index (χ2n) is 11.5. The van der Waals surface area contributed by atoms with E-state index in [1.165, 1.54) is 49.5 Å². The maximum atomic E-state index is 14.6. The lowest BCUT2D eigenvalue weighted by molar-refractivity contribution is -0.140. The van der Waals surface area contributed by atoms with E-state index in [9.17, 15) is 22.4 Å². The standard InChI is InChI=1S/C36H39ClFN3O6S/c1-25(2)22-39-36(43)32(20-26-10-6-5-7-11-26)40(23-27-12-8-9-13-31(27)37)35(42)24-41(29-16-14-28(38)15-17-29)48(44,45)30-18-19-33(46-3)34(21-30)47-4/h5-19,21,25,32H,20,22-24H2,1-4H3,(H,39,43). The summed E-state index contributed by atoms with van der Waals surface area (Å²) in [7, 11) is -1.66. The minimum Gasteiger partial charge on any atom is -0.493 e. The van der Waals surface area contributed by atoms with E-state index in [1.807, 2.05) is 44.2 Å². The van der Waals surface area contributed by atoms with Crippen LogP contribution in [0.4, 0.5) is 10.1 Å². The van der Waals surface area contributed by atoms with Gasteiger partial charge in [0, 0.05) is 30.6 Å². The fourth-order valence-corrected chi connectivity index (χ4v) is 6.65. The lowest BCUT2D eigenvalue weighted by atomic mass is 10.0. The number of methoxy groups -OCH3 is 2. The van der Waals surface area contributed by atoms with Crippen LogP contribution in [0.5, 0.6) is 11.5 Å². The van der Waals surface area contributed by atoms with Crippen molar-refractivity contribution in [3.05, 3.63) is 119 Å². The number of ether oxygens (including phenoxy) is 2. The average Bonchev–Trinajstić information content (AvgIpc) is 3.08. The quantitative estimate of drug-likeness (QED) is 0.161. The van der Waals surface area contributed by atoms with Crippen molar-refractivity contribution >= 4 is 39.1 Å². The van der Waals surface area contributed by atoms with Gasteiger partial charge in [-0.1, -0.05) is 74.0 Å². The molecule has 9 nitrogen and oxygen atoms in total. The van der Waals surface area contributed by atoms with Gasteiger partial charge in [0.25, 0.3) is 10.0 Å². The minimum absolute atomic E-state index is 0.0427. The lowest BCUT2D eigenvalue weighted by Crippen LogP contribution is -2.53. The summed E-state index contributed by atoms with van der Waals surface area (Å²) in [6.07, 6.45) is 0.153. The molecule has 48 heavy (non-hydrogen) atoms. The molecule has 2 amide bonds. The Morgan fingerprint density at radius 1 is 0.875 bits per heavy atom. The second-order valence-corrected chi connectivity index (χ2v) is 13.7. The SMILES string of the molecule is COc1ccc(S(=O)(=O)N(CC(=O)N(Cc2ccccc2Cl)C(Cc2ccccc2)C(=O)NCC(C)C)c2ccc(F)cc2)cc1OC. The van der Waals surface area contributed by atoms with Gasteiger partial charge >= 0.3 is 0 Å². The van der Waals surface area contributed by atoms with Crippen LogP contribution in [0.15, 0.2) is 102 Å². The van der Waals surface area contributed by atoms with Crippen LogP contribution in [-0.2, 0) is 32.6 Å². The molecule has 12 heteroatoms. The third kappa shape index (κ3) is 9.05. The number of amides is 2. The maximum absolute atomic E-state index is 14.6. The predicted molar refractivity (Wildman–Crippen MR) is 184 cm³/mol. The molecule has 0 saturated carbocycles. The first-order valence-electron chi connectivity index (χ1n) is 15.3. The van der Waals surface area contributed by atoms with E-state index in [0.29, 0.717) is 22.9 Å². The normalized spacial score (nSPS) is 11.9. The summed E-state index contributed by atoms with van der Waals surface area (Å²) < 4.78 is 54.1.